The van der Waals surface area contributed by atoms with Crippen molar-refractivity contribution in [2.24, 2.45) is 5.73 Å². The first-order valence-electron chi connectivity index (χ1n) is 9.66. The minimum Gasteiger partial charge on any atom is -0.369 e. The quantitative estimate of drug-likeness (QED) is 0.726. The van der Waals surface area contributed by atoms with Crippen LogP contribution in [-0.4, -0.2) is 29.1 Å². The van der Waals surface area contributed by atoms with E-state index < -0.39 is 0 Å². The summed E-state index contributed by atoms with van der Waals surface area (Å²) in [7, 11) is 0. The van der Waals surface area contributed by atoms with Gasteiger partial charge in [-0.1, -0.05) is 6.07 Å². The minimum absolute atomic E-state index is 0. The Bertz CT molecular complexity index is 957. The highest BCUT2D eigenvalue weighted by Crippen LogP contribution is 2.38. The Morgan fingerprint density at radius 2 is 1.81 bits per heavy atom. The van der Waals surface area contributed by atoms with Gasteiger partial charge in [0.1, 0.15) is 0 Å². The van der Waals surface area contributed by atoms with E-state index in [0.29, 0.717) is 0 Å². The molecule has 5 rings (SSSR count). The van der Waals surface area contributed by atoms with Gasteiger partial charge in [0.05, 0.1) is 11.2 Å². The number of rotatable bonds is 2. The smallest absolute Gasteiger partial charge is 0.0726 e. The van der Waals surface area contributed by atoms with Crippen molar-refractivity contribution in [1.82, 2.24) is 9.97 Å². The van der Waals surface area contributed by atoms with Crippen molar-refractivity contribution in [3.8, 4) is 11.1 Å². The van der Waals surface area contributed by atoms with Gasteiger partial charge in [-0.3, -0.25) is 9.97 Å². The largest absolute Gasteiger partial charge is 0.369 e. The number of anilines is 1. The van der Waals surface area contributed by atoms with Crippen LogP contribution < -0.4 is 10.6 Å². The van der Waals surface area contributed by atoms with Crippen molar-refractivity contribution < 1.29 is 0 Å². The van der Waals surface area contributed by atoms with Crippen LogP contribution in [0, 0.1) is 0 Å². The molecular formula is C22H25ClN4. The third-order valence-electron chi connectivity index (χ3n) is 5.79. The highest BCUT2D eigenvalue weighted by Gasteiger charge is 2.26. The molecule has 27 heavy (non-hydrogen) atoms. The van der Waals surface area contributed by atoms with Gasteiger partial charge in [-0.25, -0.2) is 0 Å². The van der Waals surface area contributed by atoms with E-state index in [4.69, 9.17) is 10.7 Å². The first kappa shape index (κ1) is 18.2. The fourth-order valence-electron chi connectivity index (χ4n) is 4.47. The maximum Gasteiger partial charge on any atom is 0.0726 e. The first-order valence-corrected chi connectivity index (χ1v) is 9.66. The van der Waals surface area contributed by atoms with E-state index in [-0.39, 0.29) is 18.4 Å². The number of hydrogen-bond donors (Lipinski definition) is 1. The number of halogens is 1. The van der Waals surface area contributed by atoms with Gasteiger partial charge in [-0.15, -0.1) is 12.4 Å². The highest BCUT2D eigenvalue weighted by atomic mass is 35.5. The molecule has 0 bridgehead atoms. The number of pyridine rings is 2. The van der Waals surface area contributed by atoms with Gasteiger partial charge in [0.2, 0.25) is 0 Å². The highest BCUT2D eigenvalue weighted by molar-refractivity contribution is 5.97. The topological polar surface area (TPSA) is 55.0 Å². The third kappa shape index (κ3) is 3.28. The molecule has 0 amide bonds. The van der Waals surface area contributed by atoms with Crippen LogP contribution in [-0.2, 0) is 12.8 Å². The van der Waals surface area contributed by atoms with Crippen molar-refractivity contribution in [3.63, 3.8) is 0 Å². The molecule has 1 saturated heterocycles. The molecule has 1 unspecified atom stereocenters. The van der Waals surface area contributed by atoms with E-state index in [1.165, 1.54) is 46.3 Å². The van der Waals surface area contributed by atoms with E-state index in [1.54, 1.807) is 0 Å². The van der Waals surface area contributed by atoms with E-state index in [2.05, 4.69) is 40.2 Å². The molecule has 3 aromatic rings. The van der Waals surface area contributed by atoms with Crippen molar-refractivity contribution in [2.75, 3.05) is 18.0 Å². The predicted molar refractivity (Wildman–Crippen MR) is 114 cm³/mol. The van der Waals surface area contributed by atoms with Crippen molar-refractivity contribution in [1.29, 1.82) is 0 Å². The molecule has 1 fully saturated rings. The summed E-state index contributed by atoms with van der Waals surface area (Å²) in [5, 5.41) is 1.27. The van der Waals surface area contributed by atoms with Crippen LogP contribution >= 0.6 is 12.4 Å². The van der Waals surface area contributed by atoms with E-state index in [0.717, 1.165) is 37.9 Å². The van der Waals surface area contributed by atoms with Gasteiger partial charge in [0.25, 0.3) is 0 Å². The SMILES string of the molecule is Cl.NC1CCN(c2c3c(nc4ccc(-c5ccncc5)cc24)CCCC3)C1. The summed E-state index contributed by atoms with van der Waals surface area (Å²) >= 11 is 0. The Morgan fingerprint density at radius 3 is 2.59 bits per heavy atom. The van der Waals surface area contributed by atoms with Gasteiger partial charge >= 0.3 is 0 Å². The lowest BCUT2D eigenvalue weighted by Gasteiger charge is -2.28. The molecule has 0 saturated carbocycles. The Labute approximate surface area is 166 Å². The zero-order chi connectivity index (χ0) is 17.5. The predicted octanol–water partition coefficient (Wildman–Crippen LogP) is 4.13. The first-order chi connectivity index (χ1) is 12.8. The van der Waals surface area contributed by atoms with Crippen molar-refractivity contribution >= 4 is 29.0 Å². The molecule has 1 aromatic carbocycles. The number of nitrogens with zero attached hydrogens (tertiary/aromatic N) is 3. The lowest BCUT2D eigenvalue weighted by atomic mass is 9.91. The molecule has 3 heterocycles. The van der Waals surface area contributed by atoms with Crippen LogP contribution in [0.3, 0.4) is 0 Å². The molecule has 4 nitrogen and oxygen atoms in total. The molecule has 5 heteroatoms. The third-order valence-corrected chi connectivity index (χ3v) is 5.79. The molecule has 1 aliphatic heterocycles. The lowest BCUT2D eigenvalue weighted by molar-refractivity contribution is 0.668. The van der Waals surface area contributed by atoms with E-state index >= 15 is 0 Å². The summed E-state index contributed by atoms with van der Waals surface area (Å²) in [4.78, 5) is 11.7. The molecule has 140 valence electrons. The summed E-state index contributed by atoms with van der Waals surface area (Å²) in [5.41, 5.74) is 13.9. The molecule has 2 N–H and O–H groups in total. The Hall–Kier alpha value is -2.17. The van der Waals surface area contributed by atoms with Crippen LogP contribution in [0.5, 0.6) is 0 Å². The number of benzene rings is 1. The van der Waals surface area contributed by atoms with Crippen LogP contribution in [0.25, 0.3) is 22.0 Å². The monoisotopic (exact) mass is 380 g/mol. The van der Waals surface area contributed by atoms with Crippen molar-refractivity contribution in [2.45, 2.75) is 38.1 Å². The van der Waals surface area contributed by atoms with Gasteiger partial charge < -0.3 is 10.6 Å². The fraction of sp³-hybridized carbons (Fsp3) is 0.364. The zero-order valence-corrected chi connectivity index (χ0v) is 16.2. The van der Waals surface area contributed by atoms with Crippen LogP contribution in [0.4, 0.5) is 5.69 Å². The van der Waals surface area contributed by atoms with Gasteiger partial charge in [0.15, 0.2) is 0 Å². The maximum absolute atomic E-state index is 6.24. The number of aryl methyl sites for hydroxylation is 1. The Kier molecular flexibility index (Phi) is 5.02. The van der Waals surface area contributed by atoms with E-state index in [9.17, 15) is 0 Å². The van der Waals surface area contributed by atoms with Gasteiger partial charge in [-0.2, -0.15) is 0 Å². The second kappa shape index (κ2) is 7.45. The normalized spacial score (nSPS) is 19.0. The molecule has 2 aliphatic rings. The van der Waals surface area contributed by atoms with Crippen LogP contribution in [0.2, 0.25) is 0 Å². The second-order valence-corrected chi connectivity index (χ2v) is 7.56. The molecule has 2 aromatic heterocycles. The summed E-state index contributed by atoms with van der Waals surface area (Å²) < 4.78 is 0. The average Bonchev–Trinajstić information content (AvgIpc) is 3.12. The summed E-state index contributed by atoms with van der Waals surface area (Å²) in [5.74, 6) is 0. The van der Waals surface area contributed by atoms with Crippen LogP contribution in [0.15, 0.2) is 42.7 Å². The molecular weight excluding hydrogens is 356 g/mol. The second-order valence-electron chi connectivity index (χ2n) is 7.56. The zero-order valence-electron chi connectivity index (χ0n) is 15.4. The van der Waals surface area contributed by atoms with Crippen molar-refractivity contribution in [3.05, 3.63) is 54.0 Å². The summed E-state index contributed by atoms with van der Waals surface area (Å²) in [6.07, 6.45) is 9.53. The number of hydrogen-bond acceptors (Lipinski definition) is 4. The van der Waals surface area contributed by atoms with Crippen LogP contribution in [0.1, 0.15) is 30.5 Å². The standard InChI is InChI=1S/C22H24N4.ClH/c23-17-9-12-26(14-17)22-18-3-1-2-4-20(18)25-21-6-5-16(13-19(21)22)15-7-10-24-11-8-15;/h5-8,10-11,13,17H,1-4,9,12,14,23H2;1H. The Morgan fingerprint density at radius 1 is 1.00 bits per heavy atom. The number of nitrogens with two attached hydrogens (primary N) is 1. The Balaban J connectivity index is 0.00000180. The minimum atomic E-state index is 0. The fourth-order valence-corrected chi connectivity index (χ4v) is 4.47. The maximum atomic E-state index is 6.24. The molecule has 0 spiro atoms. The van der Waals surface area contributed by atoms with E-state index in [1.807, 2.05) is 12.4 Å². The summed E-state index contributed by atoms with van der Waals surface area (Å²) in [6, 6.07) is 11.1. The van der Waals surface area contributed by atoms with Gasteiger partial charge in [-0.05, 0) is 73.1 Å². The summed E-state index contributed by atoms with van der Waals surface area (Å²) in [6.45, 7) is 2.00. The number of aromatic nitrogens is 2. The molecule has 1 aliphatic carbocycles. The molecule has 0 radical (unpaired) electrons. The average molecular weight is 381 g/mol. The lowest BCUT2D eigenvalue weighted by Crippen LogP contribution is -2.28. The number of fused-ring (bicyclic) bond motifs is 2. The van der Waals surface area contributed by atoms with Gasteiger partial charge in [0, 0.05) is 42.6 Å². The molecule has 1 atom stereocenters.